The van der Waals surface area contributed by atoms with Crippen molar-refractivity contribution in [3.63, 3.8) is 0 Å². The van der Waals surface area contributed by atoms with Gasteiger partial charge >= 0.3 is 0 Å². The molecule has 1 N–H and O–H groups in total. The molecule has 1 aromatic rings. The molecule has 2 nitrogen and oxygen atoms in total. The Kier molecular flexibility index (Phi) is 8.11. The molecular formula is C16H27ClN2. The zero-order chi connectivity index (χ0) is 14.1. The van der Waals surface area contributed by atoms with E-state index in [1.807, 2.05) is 18.2 Å². The van der Waals surface area contributed by atoms with Gasteiger partial charge in [-0.3, -0.25) is 0 Å². The van der Waals surface area contributed by atoms with Crippen LogP contribution >= 0.6 is 11.6 Å². The lowest BCUT2D eigenvalue weighted by Crippen LogP contribution is -2.24. The quantitative estimate of drug-likeness (QED) is 0.690. The Bertz CT molecular complexity index is 352. The Balaban J connectivity index is 2.09. The van der Waals surface area contributed by atoms with Gasteiger partial charge < -0.3 is 10.2 Å². The molecule has 0 unspecified atom stereocenters. The van der Waals surface area contributed by atoms with Crippen LogP contribution in [-0.2, 0) is 6.54 Å². The van der Waals surface area contributed by atoms with Gasteiger partial charge in [-0.2, -0.15) is 0 Å². The van der Waals surface area contributed by atoms with Crippen LogP contribution in [0.2, 0.25) is 5.02 Å². The molecular weight excluding hydrogens is 256 g/mol. The monoisotopic (exact) mass is 282 g/mol. The summed E-state index contributed by atoms with van der Waals surface area (Å²) < 4.78 is 0. The molecule has 0 bridgehead atoms. The molecule has 0 heterocycles. The number of halogens is 1. The molecule has 0 saturated carbocycles. The van der Waals surface area contributed by atoms with Crippen LogP contribution in [0, 0.1) is 0 Å². The first-order valence-electron chi connectivity index (χ1n) is 7.24. The predicted octanol–water partition coefficient (Wildman–Crippen LogP) is 3.94. The maximum atomic E-state index is 5.99. The fraction of sp³-hybridized carbons (Fsp3) is 0.625. The van der Waals surface area contributed by atoms with E-state index in [-0.39, 0.29) is 0 Å². The topological polar surface area (TPSA) is 15.3 Å². The molecule has 0 aliphatic rings. The van der Waals surface area contributed by atoms with Crippen LogP contribution < -0.4 is 5.32 Å². The first-order valence-corrected chi connectivity index (χ1v) is 7.62. The number of nitrogens with one attached hydrogen (secondary N) is 1. The third kappa shape index (κ3) is 8.25. The average Bonchev–Trinajstić information content (AvgIpc) is 2.33. The highest BCUT2D eigenvalue weighted by molar-refractivity contribution is 6.30. The Morgan fingerprint density at radius 3 is 2.68 bits per heavy atom. The molecule has 3 heteroatoms. The standard InChI is InChI=1S/C16H27ClN2/c1-14(2)18-10-5-4-6-11-19(3)13-15-8-7-9-16(17)12-15/h7-9,12,14,18H,4-6,10-11,13H2,1-3H3. The summed E-state index contributed by atoms with van der Waals surface area (Å²) in [5.74, 6) is 0. The highest BCUT2D eigenvalue weighted by atomic mass is 35.5. The van der Waals surface area contributed by atoms with Gasteiger partial charge in [0.1, 0.15) is 0 Å². The van der Waals surface area contributed by atoms with Crippen LogP contribution in [-0.4, -0.2) is 31.1 Å². The smallest absolute Gasteiger partial charge is 0.0409 e. The molecule has 19 heavy (non-hydrogen) atoms. The van der Waals surface area contributed by atoms with Gasteiger partial charge in [-0.05, 0) is 50.7 Å². The van der Waals surface area contributed by atoms with Crippen molar-refractivity contribution in [2.75, 3.05) is 20.1 Å². The Morgan fingerprint density at radius 2 is 2.00 bits per heavy atom. The second-order valence-electron chi connectivity index (χ2n) is 5.54. The first-order chi connectivity index (χ1) is 9.08. The molecule has 108 valence electrons. The van der Waals surface area contributed by atoms with Crippen LogP contribution in [0.1, 0.15) is 38.7 Å². The maximum Gasteiger partial charge on any atom is 0.0409 e. The average molecular weight is 283 g/mol. The number of nitrogens with zero attached hydrogens (tertiary/aromatic N) is 1. The van der Waals surface area contributed by atoms with Gasteiger partial charge in [-0.25, -0.2) is 0 Å². The van der Waals surface area contributed by atoms with Gasteiger partial charge in [0.2, 0.25) is 0 Å². The summed E-state index contributed by atoms with van der Waals surface area (Å²) in [6.07, 6.45) is 3.82. The van der Waals surface area contributed by atoms with Gasteiger partial charge in [0.25, 0.3) is 0 Å². The number of hydrogen-bond donors (Lipinski definition) is 1. The van der Waals surface area contributed by atoms with E-state index in [9.17, 15) is 0 Å². The zero-order valence-electron chi connectivity index (χ0n) is 12.5. The SMILES string of the molecule is CC(C)NCCCCCN(C)Cc1cccc(Cl)c1. The molecule has 1 rings (SSSR count). The minimum absolute atomic E-state index is 0.602. The maximum absolute atomic E-state index is 5.99. The largest absolute Gasteiger partial charge is 0.315 e. The van der Waals surface area contributed by atoms with E-state index in [0.717, 1.165) is 24.7 Å². The number of unbranched alkanes of at least 4 members (excludes halogenated alkanes) is 2. The predicted molar refractivity (Wildman–Crippen MR) is 84.8 cm³/mol. The number of hydrogen-bond acceptors (Lipinski definition) is 2. The Hall–Kier alpha value is -0.570. The molecule has 0 amide bonds. The van der Waals surface area contributed by atoms with Crippen molar-refractivity contribution < 1.29 is 0 Å². The van der Waals surface area contributed by atoms with Gasteiger partial charge in [0.05, 0.1) is 0 Å². The summed E-state index contributed by atoms with van der Waals surface area (Å²) in [5, 5.41) is 4.28. The van der Waals surface area contributed by atoms with Crippen LogP contribution in [0.15, 0.2) is 24.3 Å². The lowest BCUT2D eigenvalue weighted by atomic mass is 10.2. The molecule has 0 radical (unpaired) electrons. The fourth-order valence-corrected chi connectivity index (χ4v) is 2.31. The minimum Gasteiger partial charge on any atom is -0.315 e. The Labute approximate surface area is 123 Å². The van der Waals surface area contributed by atoms with Crippen molar-refractivity contribution in [3.05, 3.63) is 34.9 Å². The molecule has 0 fully saturated rings. The second kappa shape index (κ2) is 9.35. The summed E-state index contributed by atoms with van der Waals surface area (Å²) >= 11 is 5.99. The molecule has 0 aromatic heterocycles. The van der Waals surface area contributed by atoms with Crippen molar-refractivity contribution in [1.82, 2.24) is 10.2 Å². The van der Waals surface area contributed by atoms with Crippen molar-refractivity contribution in [2.24, 2.45) is 0 Å². The molecule has 1 aromatic carbocycles. The summed E-state index contributed by atoms with van der Waals surface area (Å²) in [4.78, 5) is 2.36. The number of benzene rings is 1. The van der Waals surface area contributed by atoms with Crippen LogP contribution in [0.3, 0.4) is 0 Å². The number of rotatable bonds is 9. The second-order valence-corrected chi connectivity index (χ2v) is 5.97. The highest BCUT2D eigenvalue weighted by Crippen LogP contribution is 2.12. The van der Waals surface area contributed by atoms with Gasteiger partial charge in [-0.15, -0.1) is 0 Å². The van der Waals surface area contributed by atoms with E-state index < -0.39 is 0 Å². The van der Waals surface area contributed by atoms with Crippen LogP contribution in [0.25, 0.3) is 0 Å². The molecule has 0 saturated heterocycles. The molecule has 0 atom stereocenters. The molecule has 0 spiro atoms. The highest BCUT2D eigenvalue weighted by Gasteiger charge is 2.01. The van der Waals surface area contributed by atoms with Gasteiger partial charge in [-0.1, -0.05) is 44.0 Å². The Morgan fingerprint density at radius 1 is 1.21 bits per heavy atom. The van der Waals surface area contributed by atoms with Crippen molar-refractivity contribution in [1.29, 1.82) is 0 Å². The van der Waals surface area contributed by atoms with Crippen LogP contribution in [0.5, 0.6) is 0 Å². The van der Waals surface area contributed by atoms with Crippen molar-refractivity contribution in [3.8, 4) is 0 Å². The lowest BCUT2D eigenvalue weighted by molar-refractivity contribution is 0.316. The van der Waals surface area contributed by atoms with Gasteiger partial charge in [0, 0.05) is 17.6 Å². The van der Waals surface area contributed by atoms with E-state index in [1.165, 1.54) is 24.8 Å². The third-order valence-electron chi connectivity index (χ3n) is 3.11. The summed E-state index contributed by atoms with van der Waals surface area (Å²) in [6.45, 7) is 7.65. The van der Waals surface area contributed by atoms with E-state index in [4.69, 9.17) is 11.6 Å². The summed E-state index contributed by atoms with van der Waals surface area (Å²) in [6, 6.07) is 8.72. The van der Waals surface area contributed by atoms with E-state index >= 15 is 0 Å². The van der Waals surface area contributed by atoms with E-state index in [2.05, 4.69) is 37.2 Å². The van der Waals surface area contributed by atoms with Crippen molar-refractivity contribution >= 4 is 11.6 Å². The van der Waals surface area contributed by atoms with Crippen molar-refractivity contribution in [2.45, 2.75) is 45.7 Å². The molecule has 0 aliphatic heterocycles. The third-order valence-corrected chi connectivity index (χ3v) is 3.35. The molecule has 0 aliphatic carbocycles. The normalized spacial score (nSPS) is 11.5. The van der Waals surface area contributed by atoms with Gasteiger partial charge in [0.15, 0.2) is 0 Å². The zero-order valence-corrected chi connectivity index (χ0v) is 13.2. The fourth-order valence-electron chi connectivity index (χ4n) is 2.10. The summed E-state index contributed by atoms with van der Waals surface area (Å²) in [5.41, 5.74) is 1.29. The minimum atomic E-state index is 0.602. The van der Waals surface area contributed by atoms with Crippen LogP contribution in [0.4, 0.5) is 0 Å². The van der Waals surface area contributed by atoms with E-state index in [1.54, 1.807) is 0 Å². The summed E-state index contributed by atoms with van der Waals surface area (Å²) in [7, 11) is 2.17. The first kappa shape index (κ1) is 16.5. The lowest BCUT2D eigenvalue weighted by Gasteiger charge is -2.17. The van der Waals surface area contributed by atoms with E-state index in [0.29, 0.717) is 6.04 Å².